The molecule has 1 spiro atoms. The Morgan fingerprint density at radius 2 is 2.07 bits per heavy atom. The molecule has 3 aromatic heterocycles. The largest absolute Gasteiger partial charge is 0.341 e. The van der Waals surface area contributed by atoms with E-state index in [0.717, 1.165) is 47.4 Å². The van der Waals surface area contributed by atoms with E-state index in [1.807, 2.05) is 0 Å². The monoisotopic (exact) mass is 395 g/mol. The van der Waals surface area contributed by atoms with Crippen LogP contribution in [0.4, 0.5) is 17.6 Å². The van der Waals surface area contributed by atoms with Gasteiger partial charge in [-0.15, -0.1) is 11.3 Å². The third kappa shape index (κ3) is 2.95. The Hall–Kier alpha value is -2.19. The molecule has 7 nitrogen and oxygen atoms in total. The van der Waals surface area contributed by atoms with Crippen molar-refractivity contribution in [2.24, 2.45) is 5.41 Å². The number of hydrogen-bond acceptors (Lipinski definition) is 7. The molecule has 1 saturated carbocycles. The molecule has 3 aliphatic rings. The maximum absolute atomic E-state index is 4.92. The first-order chi connectivity index (χ1) is 13.8. The third-order valence-corrected chi connectivity index (χ3v) is 7.50. The second kappa shape index (κ2) is 6.42. The summed E-state index contributed by atoms with van der Waals surface area (Å²) in [6.07, 6.45) is 6.28. The number of aromatic amines is 1. The molecule has 3 fully saturated rings. The van der Waals surface area contributed by atoms with Crippen molar-refractivity contribution in [3.63, 3.8) is 0 Å². The predicted octanol–water partition coefficient (Wildman–Crippen LogP) is 3.62. The zero-order valence-electron chi connectivity index (χ0n) is 15.9. The van der Waals surface area contributed by atoms with Crippen molar-refractivity contribution < 1.29 is 0 Å². The van der Waals surface area contributed by atoms with Gasteiger partial charge in [-0.25, -0.2) is 4.98 Å². The van der Waals surface area contributed by atoms with Gasteiger partial charge >= 0.3 is 0 Å². The summed E-state index contributed by atoms with van der Waals surface area (Å²) in [4.78, 5) is 12.1. The minimum Gasteiger partial charge on any atom is -0.341 e. The number of nitrogens with one attached hydrogen (secondary N) is 3. The molecule has 0 atom stereocenters. The first-order valence-electron chi connectivity index (χ1n) is 10.3. The van der Waals surface area contributed by atoms with Gasteiger partial charge in [-0.1, -0.05) is 0 Å². The number of thiophene rings is 1. The standard InChI is InChI=1S/C20H25N7S/c1-2-13(1)15-11-16(26-25-15)23-18-17-14(3-10-28-17)22-19(24-18)27-8-5-20(6-9-27)4-7-21-12-20/h3,10-11,13,21H,1-2,4-9,12H2,(H2,22,23,24,25,26). The summed E-state index contributed by atoms with van der Waals surface area (Å²) in [5.41, 5.74) is 2.74. The highest BCUT2D eigenvalue weighted by Gasteiger charge is 2.37. The highest BCUT2D eigenvalue weighted by atomic mass is 32.1. The smallest absolute Gasteiger partial charge is 0.227 e. The average molecular weight is 396 g/mol. The summed E-state index contributed by atoms with van der Waals surface area (Å²) in [6, 6.07) is 4.21. The van der Waals surface area contributed by atoms with Crippen LogP contribution in [0.1, 0.15) is 43.7 Å². The number of piperidine rings is 1. The average Bonchev–Trinajstić information content (AvgIpc) is 3.09. The van der Waals surface area contributed by atoms with Crippen molar-refractivity contribution in [3.05, 3.63) is 23.2 Å². The Kier molecular flexibility index (Phi) is 3.84. The van der Waals surface area contributed by atoms with Crippen LogP contribution >= 0.6 is 11.3 Å². The normalized spacial score (nSPS) is 21.6. The van der Waals surface area contributed by atoms with E-state index in [9.17, 15) is 0 Å². The molecule has 0 radical (unpaired) electrons. The minimum absolute atomic E-state index is 0.498. The van der Waals surface area contributed by atoms with Crippen molar-refractivity contribution in [3.8, 4) is 0 Å². The molecule has 146 valence electrons. The molecule has 5 heterocycles. The number of hydrogen-bond donors (Lipinski definition) is 3. The van der Waals surface area contributed by atoms with Gasteiger partial charge in [0, 0.05) is 37.3 Å². The lowest BCUT2D eigenvalue weighted by atomic mass is 9.78. The number of fused-ring (bicyclic) bond motifs is 1. The lowest BCUT2D eigenvalue weighted by molar-refractivity contribution is 0.246. The lowest BCUT2D eigenvalue weighted by Crippen LogP contribution is -2.42. The van der Waals surface area contributed by atoms with Crippen LogP contribution in [0.2, 0.25) is 0 Å². The maximum Gasteiger partial charge on any atom is 0.227 e. The maximum atomic E-state index is 4.92. The molecular formula is C20H25N7S. The SMILES string of the molecule is c1cc2nc(N3CCC4(CCNC4)CC3)nc(Nc3cc(C4CC4)[nH]n3)c2s1. The zero-order valence-corrected chi connectivity index (χ0v) is 16.7. The Morgan fingerprint density at radius 1 is 1.18 bits per heavy atom. The van der Waals surface area contributed by atoms with Gasteiger partial charge in [0.05, 0.1) is 10.2 Å². The molecule has 8 heteroatoms. The molecule has 2 saturated heterocycles. The van der Waals surface area contributed by atoms with Gasteiger partial charge in [0.15, 0.2) is 11.6 Å². The number of nitrogens with zero attached hydrogens (tertiary/aromatic N) is 4. The van der Waals surface area contributed by atoms with E-state index >= 15 is 0 Å². The number of rotatable bonds is 4. The van der Waals surface area contributed by atoms with Gasteiger partial charge in [0.2, 0.25) is 5.95 Å². The Morgan fingerprint density at radius 3 is 2.86 bits per heavy atom. The van der Waals surface area contributed by atoms with E-state index in [1.54, 1.807) is 11.3 Å². The first-order valence-corrected chi connectivity index (χ1v) is 11.2. The van der Waals surface area contributed by atoms with Crippen molar-refractivity contribution in [1.29, 1.82) is 0 Å². The van der Waals surface area contributed by atoms with Crippen molar-refractivity contribution in [1.82, 2.24) is 25.5 Å². The summed E-state index contributed by atoms with van der Waals surface area (Å²) in [6.45, 7) is 4.40. The molecule has 1 aliphatic carbocycles. The van der Waals surface area contributed by atoms with E-state index < -0.39 is 0 Å². The minimum atomic E-state index is 0.498. The molecule has 3 aromatic rings. The molecule has 6 rings (SSSR count). The predicted molar refractivity (Wildman–Crippen MR) is 113 cm³/mol. The highest BCUT2D eigenvalue weighted by Crippen LogP contribution is 2.41. The van der Waals surface area contributed by atoms with Crippen LogP contribution in [0.25, 0.3) is 10.2 Å². The van der Waals surface area contributed by atoms with Crippen molar-refractivity contribution in [2.75, 3.05) is 36.4 Å². The van der Waals surface area contributed by atoms with E-state index in [4.69, 9.17) is 9.97 Å². The molecule has 0 unspecified atom stereocenters. The number of anilines is 3. The molecule has 0 bridgehead atoms. The van der Waals surface area contributed by atoms with Gasteiger partial charge in [-0.2, -0.15) is 10.1 Å². The van der Waals surface area contributed by atoms with Crippen LogP contribution in [0, 0.1) is 5.41 Å². The van der Waals surface area contributed by atoms with Crippen LogP contribution in [-0.4, -0.2) is 46.3 Å². The van der Waals surface area contributed by atoms with Crippen LogP contribution in [0.3, 0.4) is 0 Å². The molecule has 0 amide bonds. The Bertz CT molecular complexity index is 989. The van der Waals surface area contributed by atoms with Crippen LogP contribution in [-0.2, 0) is 0 Å². The quantitative estimate of drug-likeness (QED) is 0.626. The van der Waals surface area contributed by atoms with Crippen LogP contribution < -0.4 is 15.5 Å². The fourth-order valence-corrected chi connectivity index (χ4v) is 5.38. The van der Waals surface area contributed by atoms with Gasteiger partial charge in [-0.3, -0.25) is 5.10 Å². The Labute approximate surface area is 168 Å². The fraction of sp³-hybridized carbons (Fsp3) is 0.550. The van der Waals surface area contributed by atoms with E-state index in [0.29, 0.717) is 11.3 Å². The summed E-state index contributed by atoms with van der Waals surface area (Å²) < 4.78 is 1.09. The zero-order chi connectivity index (χ0) is 18.6. The number of aromatic nitrogens is 4. The summed E-state index contributed by atoms with van der Waals surface area (Å²) >= 11 is 1.68. The first kappa shape index (κ1) is 16.7. The molecule has 2 aliphatic heterocycles. The van der Waals surface area contributed by atoms with E-state index in [-0.39, 0.29) is 0 Å². The molecule has 0 aromatic carbocycles. The summed E-state index contributed by atoms with van der Waals surface area (Å²) in [5.74, 6) is 3.21. The molecule has 28 heavy (non-hydrogen) atoms. The topological polar surface area (TPSA) is 81.8 Å². The Balaban J connectivity index is 1.27. The third-order valence-electron chi connectivity index (χ3n) is 6.59. The molecular weight excluding hydrogens is 370 g/mol. The number of H-pyrrole nitrogens is 1. The molecule has 3 N–H and O–H groups in total. The van der Waals surface area contributed by atoms with Gasteiger partial charge in [0.1, 0.15) is 0 Å². The summed E-state index contributed by atoms with van der Waals surface area (Å²) in [7, 11) is 0. The van der Waals surface area contributed by atoms with Gasteiger partial charge in [-0.05, 0) is 55.5 Å². The van der Waals surface area contributed by atoms with E-state index in [2.05, 4.69) is 43.2 Å². The lowest BCUT2D eigenvalue weighted by Gasteiger charge is -2.38. The van der Waals surface area contributed by atoms with Crippen molar-refractivity contribution in [2.45, 2.75) is 38.0 Å². The second-order valence-electron chi connectivity index (χ2n) is 8.53. The van der Waals surface area contributed by atoms with Crippen LogP contribution in [0.5, 0.6) is 0 Å². The van der Waals surface area contributed by atoms with Gasteiger partial charge in [0.25, 0.3) is 0 Å². The van der Waals surface area contributed by atoms with Crippen molar-refractivity contribution >= 4 is 39.1 Å². The van der Waals surface area contributed by atoms with E-state index in [1.165, 1.54) is 44.3 Å². The highest BCUT2D eigenvalue weighted by molar-refractivity contribution is 7.17. The second-order valence-corrected chi connectivity index (χ2v) is 9.44. The fourth-order valence-electron chi connectivity index (χ4n) is 4.61. The summed E-state index contributed by atoms with van der Waals surface area (Å²) in [5, 5.41) is 16.7. The van der Waals surface area contributed by atoms with Crippen LogP contribution in [0.15, 0.2) is 17.5 Å². The van der Waals surface area contributed by atoms with Gasteiger partial charge < -0.3 is 15.5 Å².